The predicted octanol–water partition coefficient (Wildman–Crippen LogP) is 3.12. The summed E-state index contributed by atoms with van der Waals surface area (Å²) in [5.74, 6) is -2.84. The molecule has 2 N–H and O–H groups in total. The number of amides is 3. The fourth-order valence-electron chi connectivity index (χ4n) is 6.53. The van der Waals surface area contributed by atoms with Gasteiger partial charge < -0.3 is 29.7 Å². The number of alkyl halides is 1. The van der Waals surface area contributed by atoms with Gasteiger partial charge in [0.25, 0.3) is 0 Å². The van der Waals surface area contributed by atoms with Gasteiger partial charge >= 0.3 is 5.97 Å². The number of halogens is 1. The summed E-state index contributed by atoms with van der Waals surface area (Å²) in [4.78, 5) is 57.2. The molecule has 0 aliphatic carbocycles. The number of aliphatic hydroxyl groups excluding tert-OH is 1. The van der Waals surface area contributed by atoms with Crippen LogP contribution in [0, 0.1) is 11.8 Å². The van der Waals surface area contributed by atoms with Gasteiger partial charge in [-0.3, -0.25) is 19.2 Å². The van der Waals surface area contributed by atoms with Crippen molar-refractivity contribution in [3.8, 4) is 0 Å². The maximum absolute atomic E-state index is 14.2. The molecule has 0 aromatic carbocycles. The Kier molecular flexibility index (Phi) is 13.1. The van der Waals surface area contributed by atoms with Gasteiger partial charge in [-0.1, -0.05) is 54.3 Å². The quantitative estimate of drug-likeness (QED) is 0.0950. The number of ether oxygens (including phenoxy) is 2. The van der Waals surface area contributed by atoms with Crippen molar-refractivity contribution >= 4 is 39.6 Å². The number of nitrogens with zero attached hydrogens (tertiary/aromatic N) is 2. The number of rotatable bonds is 19. The Hall–Kier alpha value is -2.24. The number of carbonyl (C=O) groups excluding carboxylic acids is 4. The molecule has 3 fully saturated rings. The van der Waals surface area contributed by atoms with Crippen molar-refractivity contribution in [2.24, 2.45) is 11.8 Å². The first-order valence-electron chi connectivity index (χ1n) is 15.4. The van der Waals surface area contributed by atoms with Gasteiger partial charge in [0.05, 0.1) is 24.5 Å². The van der Waals surface area contributed by atoms with Gasteiger partial charge in [0, 0.05) is 37.5 Å². The van der Waals surface area contributed by atoms with Gasteiger partial charge in [-0.05, 0) is 39.0 Å². The number of esters is 1. The third kappa shape index (κ3) is 7.45. The van der Waals surface area contributed by atoms with Crippen LogP contribution in [-0.2, 0) is 28.7 Å². The second-order valence-corrected chi connectivity index (χ2v) is 12.8. The van der Waals surface area contributed by atoms with E-state index in [1.165, 1.54) is 0 Å². The number of carbonyl (C=O) groups is 4. The van der Waals surface area contributed by atoms with Crippen LogP contribution in [0.3, 0.4) is 0 Å². The lowest BCUT2D eigenvalue weighted by Crippen LogP contribution is -2.57. The molecule has 3 heterocycles. The van der Waals surface area contributed by atoms with Gasteiger partial charge in [-0.15, -0.1) is 13.2 Å². The van der Waals surface area contributed by atoms with Crippen molar-refractivity contribution in [3.05, 3.63) is 25.3 Å². The molecular weight excluding hydrogens is 606 g/mol. The Labute approximate surface area is 258 Å². The van der Waals surface area contributed by atoms with E-state index >= 15 is 0 Å². The van der Waals surface area contributed by atoms with Gasteiger partial charge in [0.15, 0.2) is 0 Å². The van der Waals surface area contributed by atoms with Crippen LogP contribution in [0.5, 0.6) is 0 Å². The lowest BCUT2D eigenvalue weighted by atomic mass is 9.70. The average Bonchev–Trinajstić information content (AvgIpc) is 3.55. The van der Waals surface area contributed by atoms with E-state index in [0.29, 0.717) is 51.7 Å². The summed E-state index contributed by atoms with van der Waals surface area (Å²) in [6.45, 7) is 12.7. The van der Waals surface area contributed by atoms with Crippen LogP contribution in [0.15, 0.2) is 25.3 Å². The molecule has 1 spiro atoms. The number of hydrogen-bond donors (Lipinski definition) is 2. The van der Waals surface area contributed by atoms with E-state index in [2.05, 4.69) is 41.3 Å². The summed E-state index contributed by atoms with van der Waals surface area (Å²) >= 11 is 3.69. The van der Waals surface area contributed by atoms with E-state index in [0.717, 1.165) is 25.7 Å². The van der Waals surface area contributed by atoms with Crippen LogP contribution in [0.1, 0.15) is 71.6 Å². The largest absolute Gasteiger partial charge is 0.460 e. The lowest BCUT2D eigenvalue weighted by Gasteiger charge is -2.37. The molecule has 3 aliphatic heterocycles. The fraction of sp³-hybridized carbons (Fsp3) is 0.742. The molecule has 3 saturated heterocycles. The van der Waals surface area contributed by atoms with Crippen LogP contribution >= 0.6 is 15.9 Å². The Morgan fingerprint density at radius 3 is 2.64 bits per heavy atom. The molecule has 1 unspecified atom stereocenters. The zero-order chi connectivity index (χ0) is 30.9. The summed E-state index contributed by atoms with van der Waals surface area (Å²) < 4.78 is 12.3. The van der Waals surface area contributed by atoms with Gasteiger partial charge in [-0.25, -0.2) is 0 Å². The van der Waals surface area contributed by atoms with Crippen molar-refractivity contribution in [1.82, 2.24) is 15.1 Å². The van der Waals surface area contributed by atoms with E-state index in [9.17, 15) is 19.2 Å². The van der Waals surface area contributed by atoms with E-state index < -0.39 is 41.7 Å². The normalized spacial score (nSPS) is 28.3. The second-order valence-electron chi connectivity index (χ2n) is 11.6. The zero-order valence-corrected chi connectivity index (χ0v) is 26.7. The van der Waals surface area contributed by atoms with Crippen molar-refractivity contribution in [2.75, 3.05) is 32.8 Å². The molecule has 0 aromatic rings. The van der Waals surface area contributed by atoms with E-state index in [1.807, 2.05) is 0 Å². The molecule has 42 heavy (non-hydrogen) atoms. The zero-order valence-electron chi connectivity index (χ0n) is 25.1. The maximum atomic E-state index is 14.2. The van der Waals surface area contributed by atoms with Crippen LogP contribution in [0.4, 0.5) is 0 Å². The molecule has 0 saturated carbocycles. The minimum absolute atomic E-state index is 0.117. The molecule has 3 amide bonds. The summed E-state index contributed by atoms with van der Waals surface area (Å²) in [5, 5.41) is 11.9. The van der Waals surface area contributed by atoms with Crippen molar-refractivity contribution in [3.63, 3.8) is 0 Å². The Bertz CT molecular complexity index is 994. The highest BCUT2D eigenvalue weighted by molar-refractivity contribution is 9.09. The number of likely N-dealkylation sites (tertiary alicyclic amines) is 1. The standard InChI is InChI=1S/C31H48BrN3O7/c1-5-8-14-23(37)33-20-21(4)41-30(40)24-25-28(38)35(17-12-10-11-13-18-36)27(31(25)19-22(32)26(24)42-31)29(39)34(15-7-3)16-9-6-2/h5,7,21-22,24-27,36H,1,3,6,8-20H2,2,4H3,(H,33,37)/t21-,22?,24+,25-,26+,27+,31-/m1/s1. The summed E-state index contributed by atoms with van der Waals surface area (Å²) in [5.41, 5.74) is -1.14. The Balaban J connectivity index is 1.85. The summed E-state index contributed by atoms with van der Waals surface area (Å²) in [6.07, 6.45) is 8.16. The monoisotopic (exact) mass is 653 g/mol. The second kappa shape index (κ2) is 16.0. The van der Waals surface area contributed by atoms with Crippen LogP contribution < -0.4 is 5.32 Å². The first-order valence-corrected chi connectivity index (χ1v) is 16.3. The number of nitrogens with one attached hydrogen (secondary N) is 1. The Morgan fingerprint density at radius 1 is 1.24 bits per heavy atom. The molecule has 3 aliphatic rings. The molecule has 0 radical (unpaired) electrons. The summed E-state index contributed by atoms with van der Waals surface area (Å²) in [7, 11) is 0. The van der Waals surface area contributed by atoms with E-state index in [4.69, 9.17) is 14.6 Å². The minimum atomic E-state index is -1.14. The number of unbranched alkanes of at least 4 members (excludes halogenated alkanes) is 4. The number of fused-ring (bicyclic) bond motifs is 1. The first-order chi connectivity index (χ1) is 20.2. The minimum Gasteiger partial charge on any atom is -0.460 e. The van der Waals surface area contributed by atoms with Gasteiger partial charge in [-0.2, -0.15) is 0 Å². The molecule has 3 rings (SSSR count). The highest BCUT2D eigenvalue weighted by Gasteiger charge is 2.77. The van der Waals surface area contributed by atoms with E-state index in [1.54, 1.807) is 28.9 Å². The molecule has 11 heteroatoms. The molecule has 236 valence electrons. The van der Waals surface area contributed by atoms with Crippen LogP contribution in [-0.4, -0.2) is 100 Å². The highest BCUT2D eigenvalue weighted by Crippen LogP contribution is 2.60. The van der Waals surface area contributed by atoms with Crippen molar-refractivity contribution in [1.29, 1.82) is 0 Å². The van der Waals surface area contributed by atoms with Gasteiger partial charge in [0.1, 0.15) is 17.7 Å². The fourth-order valence-corrected chi connectivity index (χ4v) is 7.48. The predicted molar refractivity (Wildman–Crippen MR) is 163 cm³/mol. The van der Waals surface area contributed by atoms with Crippen LogP contribution in [0.2, 0.25) is 0 Å². The average molecular weight is 655 g/mol. The topological polar surface area (TPSA) is 125 Å². The van der Waals surface area contributed by atoms with E-state index in [-0.39, 0.29) is 35.7 Å². The Morgan fingerprint density at radius 2 is 1.98 bits per heavy atom. The van der Waals surface area contributed by atoms with Gasteiger partial charge in [0.2, 0.25) is 17.7 Å². The number of aliphatic hydroxyl groups is 1. The highest BCUT2D eigenvalue weighted by atomic mass is 79.9. The van der Waals surface area contributed by atoms with Crippen molar-refractivity contribution < 1.29 is 33.8 Å². The number of hydrogen-bond acceptors (Lipinski definition) is 7. The SMILES string of the molecule is C=CCCC(=O)NC[C@@H](C)OC(=O)[C@@H]1[C@H]2O[C@@]3(CC2Br)[C@H](C(=O)N(CC=C)CCCC)N(CCCCCCO)C(=O)[C@@H]13. The van der Waals surface area contributed by atoms with Crippen molar-refractivity contribution in [2.45, 2.75) is 100 Å². The van der Waals surface area contributed by atoms with Crippen LogP contribution in [0.25, 0.3) is 0 Å². The maximum Gasteiger partial charge on any atom is 0.312 e. The lowest BCUT2D eigenvalue weighted by molar-refractivity contribution is -0.159. The number of allylic oxidation sites excluding steroid dienone is 1. The molecule has 7 atom stereocenters. The molecule has 0 aromatic heterocycles. The first kappa shape index (κ1) is 34.3. The molecule has 2 bridgehead atoms. The molecule has 10 nitrogen and oxygen atoms in total. The third-order valence-corrected chi connectivity index (χ3v) is 9.37. The summed E-state index contributed by atoms with van der Waals surface area (Å²) in [6, 6.07) is -0.853. The molecular formula is C31H48BrN3O7. The third-order valence-electron chi connectivity index (χ3n) is 8.52. The smallest absolute Gasteiger partial charge is 0.312 e.